The highest BCUT2D eigenvalue weighted by Crippen LogP contribution is 2.21. The Hall–Kier alpha value is -0.850. The molecule has 2 N–H and O–H groups in total. The highest BCUT2D eigenvalue weighted by Gasteiger charge is 2.27. The molecule has 0 radical (unpaired) electrons. The van der Waals surface area contributed by atoms with Gasteiger partial charge in [-0.3, -0.25) is 4.72 Å². The quantitative estimate of drug-likeness (QED) is 0.870. The fraction of sp³-hybridized carbons (Fsp3) is 0.500. The second-order valence-corrected chi connectivity index (χ2v) is 6.32. The molecule has 1 aromatic rings. The molecule has 94 valence electrons. The van der Waals surface area contributed by atoms with E-state index in [4.69, 9.17) is 11.6 Å². The summed E-state index contributed by atoms with van der Waals surface area (Å²) >= 11 is 5.86. The number of aromatic nitrogens is 1. The Morgan fingerprint density at radius 1 is 1.53 bits per heavy atom. The van der Waals surface area contributed by atoms with Gasteiger partial charge in [-0.15, -0.1) is 0 Å². The Balaban J connectivity index is 2.14. The van der Waals surface area contributed by atoms with Gasteiger partial charge in [-0.1, -0.05) is 11.6 Å². The average Bonchev–Trinajstić information content (AvgIpc) is 2.33. The van der Waals surface area contributed by atoms with Gasteiger partial charge in [-0.2, -0.15) is 0 Å². The molecule has 0 aromatic carbocycles. The van der Waals surface area contributed by atoms with Gasteiger partial charge >= 0.3 is 0 Å². The van der Waals surface area contributed by atoms with Crippen molar-refractivity contribution < 1.29 is 8.42 Å². The normalized spacial score (nSPS) is 21.1. The van der Waals surface area contributed by atoms with Gasteiger partial charge in [-0.05, 0) is 31.5 Å². The van der Waals surface area contributed by atoms with E-state index in [9.17, 15) is 8.42 Å². The predicted octanol–water partition coefficient (Wildman–Crippen LogP) is 1.23. The summed E-state index contributed by atoms with van der Waals surface area (Å²) < 4.78 is 26.6. The fourth-order valence-corrected chi connectivity index (χ4v) is 3.40. The van der Waals surface area contributed by atoms with E-state index < -0.39 is 15.3 Å². The average molecular weight is 276 g/mol. The van der Waals surface area contributed by atoms with Crippen LogP contribution in [0.5, 0.6) is 0 Å². The minimum Gasteiger partial charge on any atom is -0.315 e. The first-order chi connectivity index (χ1) is 8.09. The molecule has 0 saturated carbocycles. The number of rotatable bonds is 3. The molecule has 5 nitrogen and oxygen atoms in total. The van der Waals surface area contributed by atoms with Crippen LogP contribution in [0.15, 0.2) is 18.3 Å². The molecule has 1 aromatic heterocycles. The molecule has 17 heavy (non-hydrogen) atoms. The number of hydrogen-bond donors (Lipinski definition) is 2. The molecule has 0 aliphatic carbocycles. The maximum Gasteiger partial charge on any atom is 0.238 e. The number of pyridine rings is 1. The predicted molar refractivity (Wildman–Crippen MR) is 67.7 cm³/mol. The van der Waals surface area contributed by atoms with Crippen molar-refractivity contribution in [2.75, 3.05) is 17.8 Å². The van der Waals surface area contributed by atoms with E-state index in [-0.39, 0.29) is 5.82 Å². The van der Waals surface area contributed by atoms with Crippen LogP contribution in [0.2, 0.25) is 5.02 Å². The van der Waals surface area contributed by atoms with Crippen LogP contribution in [0.4, 0.5) is 5.82 Å². The summed E-state index contributed by atoms with van der Waals surface area (Å²) in [5.74, 6) is 0.194. The Morgan fingerprint density at radius 2 is 2.35 bits per heavy atom. The summed E-state index contributed by atoms with van der Waals surface area (Å²) in [7, 11) is -3.42. The minimum atomic E-state index is -3.42. The number of nitrogens with one attached hydrogen (secondary N) is 2. The van der Waals surface area contributed by atoms with E-state index in [0.29, 0.717) is 18.0 Å². The maximum atomic E-state index is 12.1. The zero-order valence-electron chi connectivity index (χ0n) is 9.19. The third-order valence-corrected chi connectivity index (χ3v) is 4.75. The van der Waals surface area contributed by atoms with E-state index >= 15 is 0 Å². The summed E-state index contributed by atoms with van der Waals surface area (Å²) in [6, 6.07) is 3.26. The Bertz CT molecular complexity index is 486. The van der Waals surface area contributed by atoms with Crippen molar-refractivity contribution >= 4 is 27.4 Å². The molecule has 1 saturated heterocycles. The van der Waals surface area contributed by atoms with Gasteiger partial charge in [0.2, 0.25) is 10.0 Å². The van der Waals surface area contributed by atoms with Gasteiger partial charge in [0.1, 0.15) is 0 Å². The van der Waals surface area contributed by atoms with Gasteiger partial charge in [0.05, 0.1) is 10.3 Å². The fourth-order valence-electron chi connectivity index (χ4n) is 1.76. The van der Waals surface area contributed by atoms with Gasteiger partial charge < -0.3 is 5.32 Å². The summed E-state index contributed by atoms with van der Waals surface area (Å²) in [6.45, 7) is 1.34. The van der Waals surface area contributed by atoms with Gasteiger partial charge in [-0.25, -0.2) is 13.4 Å². The second-order valence-electron chi connectivity index (χ2n) is 3.95. The number of sulfonamides is 1. The molecule has 0 bridgehead atoms. The van der Waals surface area contributed by atoms with Crippen LogP contribution in [-0.4, -0.2) is 31.7 Å². The molecule has 0 spiro atoms. The van der Waals surface area contributed by atoms with E-state index in [2.05, 4.69) is 15.0 Å². The Morgan fingerprint density at radius 3 is 3.00 bits per heavy atom. The molecule has 1 aliphatic rings. The number of hydrogen-bond acceptors (Lipinski definition) is 4. The Labute approximate surface area is 106 Å². The molecule has 2 heterocycles. The van der Waals surface area contributed by atoms with Crippen molar-refractivity contribution in [2.45, 2.75) is 18.1 Å². The molecule has 0 amide bonds. The summed E-state index contributed by atoms with van der Waals surface area (Å²) in [6.07, 6.45) is 3.02. The topological polar surface area (TPSA) is 71.1 Å². The molecular formula is C10H14ClN3O2S. The van der Waals surface area contributed by atoms with E-state index in [1.807, 2.05) is 0 Å². The second kappa shape index (κ2) is 5.20. The SMILES string of the molecule is O=S(=O)(Nc1ncccc1Cl)C1CCCNC1. The smallest absolute Gasteiger partial charge is 0.238 e. The molecule has 1 unspecified atom stereocenters. The third-order valence-electron chi connectivity index (χ3n) is 2.69. The standard InChI is InChI=1S/C10H14ClN3O2S/c11-9-4-2-6-13-10(9)14-17(15,16)8-3-1-5-12-7-8/h2,4,6,8,12H,1,3,5,7H2,(H,13,14). The molecule has 1 aliphatic heterocycles. The van der Waals surface area contributed by atoms with Crippen molar-refractivity contribution in [3.05, 3.63) is 23.4 Å². The lowest BCUT2D eigenvalue weighted by Gasteiger charge is -2.23. The number of piperidine rings is 1. The first-order valence-corrected chi connectivity index (χ1v) is 7.35. The van der Waals surface area contributed by atoms with Crippen LogP contribution in [0.1, 0.15) is 12.8 Å². The lowest BCUT2D eigenvalue weighted by atomic mass is 10.2. The molecule has 7 heteroatoms. The maximum absolute atomic E-state index is 12.1. The van der Waals surface area contributed by atoms with Gasteiger partial charge in [0.15, 0.2) is 5.82 Å². The van der Waals surface area contributed by atoms with Crippen LogP contribution in [0, 0.1) is 0 Å². The zero-order chi connectivity index (χ0) is 12.3. The van der Waals surface area contributed by atoms with Crippen LogP contribution in [0.3, 0.4) is 0 Å². The van der Waals surface area contributed by atoms with Crippen LogP contribution in [0.25, 0.3) is 0 Å². The van der Waals surface area contributed by atoms with E-state index in [1.165, 1.54) is 6.20 Å². The van der Waals surface area contributed by atoms with Crippen molar-refractivity contribution in [3.63, 3.8) is 0 Å². The monoisotopic (exact) mass is 275 g/mol. The lowest BCUT2D eigenvalue weighted by molar-refractivity contribution is 0.499. The number of anilines is 1. The van der Waals surface area contributed by atoms with Crippen molar-refractivity contribution in [3.8, 4) is 0 Å². The highest BCUT2D eigenvalue weighted by molar-refractivity contribution is 7.93. The van der Waals surface area contributed by atoms with Crippen molar-refractivity contribution in [1.82, 2.24) is 10.3 Å². The third kappa shape index (κ3) is 3.08. The zero-order valence-corrected chi connectivity index (χ0v) is 10.8. The van der Waals surface area contributed by atoms with Crippen LogP contribution in [-0.2, 0) is 10.0 Å². The van der Waals surface area contributed by atoms with Crippen LogP contribution < -0.4 is 10.0 Å². The molecule has 1 atom stereocenters. The molecule has 1 fully saturated rings. The summed E-state index contributed by atoms with van der Waals surface area (Å²) in [5, 5.41) is 2.95. The first-order valence-electron chi connectivity index (χ1n) is 5.42. The Kier molecular flexibility index (Phi) is 3.86. The van der Waals surface area contributed by atoms with E-state index in [0.717, 1.165) is 13.0 Å². The number of nitrogens with zero attached hydrogens (tertiary/aromatic N) is 1. The summed E-state index contributed by atoms with van der Waals surface area (Å²) in [4.78, 5) is 3.92. The van der Waals surface area contributed by atoms with Gasteiger partial charge in [0, 0.05) is 12.7 Å². The molecular weight excluding hydrogens is 262 g/mol. The van der Waals surface area contributed by atoms with Crippen molar-refractivity contribution in [1.29, 1.82) is 0 Å². The van der Waals surface area contributed by atoms with Crippen LogP contribution >= 0.6 is 11.6 Å². The lowest BCUT2D eigenvalue weighted by Crippen LogP contribution is -2.41. The number of halogens is 1. The van der Waals surface area contributed by atoms with Gasteiger partial charge in [0.25, 0.3) is 0 Å². The largest absolute Gasteiger partial charge is 0.315 e. The molecule has 2 rings (SSSR count). The van der Waals surface area contributed by atoms with Crippen molar-refractivity contribution in [2.24, 2.45) is 0 Å². The summed E-state index contributed by atoms with van der Waals surface area (Å²) in [5.41, 5.74) is 0. The highest BCUT2D eigenvalue weighted by atomic mass is 35.5. The first kappa shape index (κ1) is 12.6. The minimum absolute atomic E-state index is 0.194. The van der Waals surface area contributed by atoms with E-state index in [1.54, 1.807) is 12.1 Å².